The first kappa shape index (κ1) is 47.8. The Bertz CT molecular complexity index is 1510. The van der Waals surface area contributed by atoms with Crippen LogP contribution in [-0.4, -0.2) is 108 Å². The molecule has 4 rings (SSSR count). The second-order valence-corrected chi connectivity index (χ2v) is 17.8. The average Bonchev–Trinajstić information content (AvgIpc) is 3.20. The fraction of sp³-hybridized carbons (Fsp3) is 0.783. The minimum atomic E-state index is -2.47. The number of rotatable bonds is 8. The highest BCUT2D eigenvalue weighted by Crippen LogP contribution is 2.39. The van der Waals surface area contributed by atoms with E-state index >= 15 is 0 Å². The number of hydrogen-bond donors (Lipinski definition) is 2. The number of allylic oxidation sites excluding steroid dienone is 4. The van der Waals surface area contributed by atoms with Crippen molar-refractivity contribution in [3.05, 3.63) is 35.6 Å². The molecule has 2 saturated heterocycles. The number of nitrogens with zero attached hydrogens (tertiary/aromatic N) is 1. The first-order valence-corrected chi connectivity index (χ1v) is 21.9. The maximum atomic E-state index is 14.3. The predicted molar refractivity (Wildman–Crippen MR) is 220 cm³/mol. The first-order valence-electron chi connectivity index (χ1n) is 21.9. The van der Waals surface area contributed by atoms with Gasteiger partial charge in [0, 0.05) is 45.4 Å². The van der Waals surface area contributed by atoms with Gasteiger partial charge in [-0.25, -0.2) is 4.79 Å². The summed E-state index contributed by atoms with van der Waals surface area (Å²) >= 11 is 0. The summed E-state index contributed by atoms with van der Waals surface area (Å²) in [5.41, 5.74) is 1.87. The van der Waals surface area contributed by atoms with Crippen molar-refractivity contribution in [1.82, 2.24) is 4.90 Å². The van der Waals surface area contributed by atoms with Crippen LogP contribution in [0.3, 0.4) is 0 Å². The van der Waals surface area contributed by atoms with Crippen molar-refractivity contribution in [3.8, 4) is 0 Å². The second-order valence-electron chi connectivity index (χ2n) is 17.8. The lowest BCUT2D eigenvalue weighted by Gasteiger charge is -2.47. The molecule has 0 radical (unpaired) electrons. The summed E-state index contributed by atoms with van der Waals surface area (Å²) < 4.78 is 30.3. The summed E-state index contributed by atoms with van der Waals surface area (Å²) in [6, 6.07) is -1.06. The number of ketones is 2. The Kier molecular flexibility index (Phi) is 17.8. The molecule has 3 heterocycles. The molecule has 3 fully saturated rings. The third-order valence-electron chi connectivity index (χ3n) is 13.2. The fourth-order valence-electron chi connectivity index (χ4n) is 9.58. The van der Waals surface area contributed by atoms with Crippen LogP contribution in [0.1, 0.15) is 132 Å². The van der Waals surface area contributed by atoms with Crippen molar-refractivity contribution < 1.29 is 53.1 Å². The summed E-state index contributed by atoms with van der Waals surface area (Å²) in [6.07, 6.45) is 7.35. The van der Waals surface area contributed by atoms with Crippen LogP contribution < -0.4 is 0 Å². The number of fused-ring (bicyclic) bond motifs is 3. The molecule has 58 heavy (non-hydrogen) atoms. The molecular weight excluding hydrogens is 743 g/mol. The van der Waals surface area contributed by atoms with Crippen LogP contribution >= 0.6 is 0 Å². The van der Waals surface area contributed by atoms with Gasteiger partial charge in [-0.15, -0.1) is 0 Å². The van der Waals surface area contributed by atoms with Gasteiger partial charge in [-0.1, -0.05) is 58.9 Å². The molecule has 4 aliphatic rings. The summed E-state index contributed by atoms with van der Waals surface area (Å²) in [7, 11) is 3.10. The Morgan fingerprint density at radius 1 is 0.983 bits per heavy atom. The maximum Gasteiger partial charge on any atom is 0.329 e. The molecule has 12 heteroatoms. The van der Waals surface area contributed by atoms with Crippen LogP contribution in [0.5, 0.6) is 0 Å². The van der Waals surface area contributed by atoms with Crippen molar-refractivity contribution in [3.63, 3.8) is 0 Å². The van der Waals surface area contributed by atoms with E-state index in [9.17, 15) is 29.4 Å². The molecule has 2 bridgehead atoms. The van der Waals surface area contributed by atoms with Crippen LogP contribution in [0.4, 0.5) is 0 Å². The van der Waals surface area contributed by atoms with Gasteiger partial charge in [0.25, 0.3) is 11.7 Å². The van der Waals surface area contributed by atoms with Crippen LogP contribution in [0.15, 0.2) is 35.6 Å². The van der Waals surface area contributed by atoms with Crippen LogP contribution in [0.25, 0.3) is 0 Å². The molecule has 0 aromatic heterocycles. The highest BCUT2D eigenvalue weighted by Gasteiger charge is 2.56. The van der Waals surface area contributed by atoms with Crippen LogP contribution in [0, 0.1) is 29.6 Å². The number of carbonyl (C=O) groups is 4. The number of esters is 1. The predicted octanol–water partition coefficient (Wildman–Crippen LogP) is 6.80. The number of ether oxygens (including phenoxy) is 5. The lowest BCUT2D eigenvalue weighted by atomic mass is 9.82. The molecule has 1 aliphatic carbocycles. The Hall–Kier alpha value is -2.90. The van der Waals surface area contributed by atoms with Gasteiger partial charge in [-0.05, 0) is 108 Å². The number of amides is 1. The van der Waals surface area contributed by atoms with Gasteiger partial charge in [0.15, 0.2) is 0 Å². The molecule has 0 aromatic carbocycles. The number of aliphatic hydroxyl groups excluding tert-OH is 1. The standard InChI is InChI=1S/C46H73NO11/c1-11-32(8)56-38-19-17-33(26-37(38)49)24-30(6)41-29(5)16-18-36(48)34(12-2)22-27(3)21-28(4)23-39(54-9)42-40(55-10)25-31(7)46(53,58-42)43(50)44(51)47-20-14-13-15-35(47)45(52)57-41/h22,24,28-29,31,33-35,37-42,49,53H,8,11-21,23,25-26H2,1-7,9-10H3. The topological polar surface area (TPSA) is 158 Å². The van der Waals surface area contributed by atoms with E-state index in [0.29, 0.717) is 70.0 Å². The lowest BCUT2D eigenvalue weighted by molar-refractivity contribution is -0.302. The zero-order valence-electron chi connectivity index (χ0n) is 36.7. The number of carbonyl (C=O) groups excluding carboxylic acids is 4. The van der Waals surface area contributed by atoms with Crippen LogP contribution in [0.2, 0.25) is 0 Å². The zero-order chi connectivity index (χ0) is 42.9. The Balaban J connectivity index is 1.71. The molecule has 3 aliphatic heterocycles. The quantitative estimate of drug-likeness (QED) is 0.115. The number of piperidine rings is 1. The molecule has 1 amide bonds. The van der Waals surface area contributed by atoms with Gasteiger partial charge in [-0.3, -0.25) is 14.4 Å². The van der Waals surface area contributed by atoms with Crippen LogP contribution in [-0.2, 0) is 42.9 Å². The molecule has 328 valence electrons. The minimum Gasteiger partial charge on any atom is -0.493 e. The third-order valence-corrected chi connectivity index (χ3v) is 13.2. The van der Waals surface area contributed by atoms with Gasteiger partial charge in [0.2, 0.25) is 5.79 Å². The monoisotopic (exact) mass is 816 g/mol. The Morgan fingerprint density at radius 3 is 2.31 bits per heavy atom. The lowest BCUT2D eigenvalue weighted by Crippen LogP contribution is -2.64. The van der Waals surface area contributed by atoms with E-state index in [2.05, 4.69) is 25.7 Å². The van der Waals surface area contributed by atoms with E-state index in [1.54, 1.807) is 21.1 Å². The van der Waals surface area contributed by atoms with Crippen molar-refractivity contribution in [1.29, 1.82) is 0 Å². The van der Waals surface area contributed by atoms with Gasteiger partial charge < -0.3 is 38.8 Å². The van der Waals surface area contributed by atoms with Crippen molar-refractivity contribution in [2.75, 3.05) is 20.8 Å². The summed E-state index contributed by atoms with van der Waals surface area (Å²) in [6.45, 7) is 17.7. The van der Waals surface area contributed by atoms with Gasteiger partial charge in [0.1, 0.15) is 30.1 Å². The van der Waals surface area contributed by atoms with Crippen molar-refractivity contribution >= 4 is 23.4 Å². The maximum absolute atomic E-state index is 14.3. The molecule has 0 spiro atoms. The Morgan fingerprint density at radius 2 is 1.67 bits per heavy atom. The van der Waals surface area contributed by atoms with Crippen molar-refractivity contribution in [2.45, 2.75) is 180 Å². The molecular formula is C46H73NO11. The van der Waals surface area contributed by atoms with E-state index in [0.717, 1.165) is 17.6 Å². The zero-order valence-corrected chi connectivity index (χ0v) is 36.7. The Labute approximate surface area is 347 Å². The minimum absolute atomic E-state index is 0.00485. The SMILES string of the molecule is C=C(CC)OC1CCC(C=C(C)C2OC(=O)C3CCCCN3C(=O)C(=O)C3(O)OC(C(OC)CC(C)CC(C)=CC(CC)C(=O)CCC2C)C(OC)CC3C)CC1O. The first-order chi connectivity index (χ1) is 27.5. The molecule has 1 saturated carbocycles. The van der Waals surface area contributed by atoms with Crippen molar-refractivity contribution in [2.24, 2.45) is 29.6 Å². The average molecular weight is 816 g/mol. The van der Waals surface area contributed by atoms with E-state index in [4.69, 9.17) is 23.7 Å². The van der Waals surface area contributed by atoms with E-state index < -0.39 is 65.9 Å². The highest BCUT2D eigenvalue weighted by molar-refractivity contribution is 6.39. The highest BCUT2D eigenvalue weighted by atomic mass is 16.7. The summed E-state index contributed by atoms with van der Waals surface area (Å²) in [5.74, 6) is -5.70. The second kappa shape index (κ2) is 21.6. The largest absolute Gasteiger partial charge is 0.493 e. The molecule has 12 nitrogen and oxygen atoms in total. The number of aliphatic hydroxyl groups is 2. The number of hydrogen-bond acceptors (Lipinski definition) is 11. The number of methoxy groups -OCH3 is 2. The normalized spacial score (nSPS) is 38.2. The van der Waals surface area contributed by atoms with E-state index in [1.165, 1.54) is 4.90 Å². The summed E-state index contributed by atoms with van der Waals surface area (Å²) in [4.78, 5) is 57.8. The fourth-order valence-corrected chi connectivity index (χ4v) is 9.58. The van der Waals surface area contributed by atoms with Gasteiger partial charge in [0.05, 0.1) is 24.1 Å². The number of cyclic esters (lactones) is 1. The van der Waals surface area contributed by atoms with E-state index in [-0.39, 0.29) is 54.9 Å². The number of Topliss-reactive ketones (excluding diaryl/α,β-unsaturated/α-hetero) is 2. The summed E-state index contributed by atoms with van der Waals surface area (Å²) in [5, 5.41) is 23.0. The third kappa shape index (κ3) is 11.7. The van der Waals surface area contributed by atoms with Gasteiger partial charge in [-0.2, -0.15) is 0 Å². The molecule has 2 N–H and O–H groups in total. The van der Waals surface area contributed by atoms with E-state index in [1.807, 2.05) is 34.6 Å². The smallest absolute Gasteiger partial charge is 0.329 e. The molecule has 13 atom stereocenters. The van der Waals surface area contributed by atoms with Gasteiger partial charge >= 0.3 is 5.97 Å². The molecule has 0 aromatic rings. The molecule has 13 unspecified atom stereocenters.